The third-order valence-electron chi connectivity index (χ3n) is 4.34. The highest BCUT2D eigenvalue weighted by Crippen LogP contribution is 2.23. The monoisotopic (exact) mass is 412 g/mol. The highest BCUT2D eigenvalue weighted by molar-refractivity contribution is 6.02. The lowest BCUT2D eigenvalue weighted by Crippen LogP contribution is -2.43. The fraction of sp³-hybridized carbons (Fsp3) is 0.200. The number of amides is 2. The average Bonchev–Trinajstić information content (AvgIpc) is 2.69. The molecule has 0 aromatic heterocycles. The van der Waals surface area contributed by atoms with Gasteiger partial charge < -0.3 is 10.6 Å². The second-order valence-corrected chi connectivity index (χ2v) is 6.56. The largest absolute Gasteiger partial charge is 0.340 e. The number of benzene rings is 2. The van der Waals surface area contributed by atoms with Crippen molar-refractivity contribution in [2.75, 3.05) is 5.32 Å². The Balaban J connectivity index is 2.29. The van der Waals surface area contributed by atoms with Gasteiger partial charge in [0.2, 0.25) is 5.91 Å². The van der Waals surface area contributed by atoms with E-state index >= 15 is 0 Å². The van der Waals surface area contributed by atoms with Crippen molar-refractivity contribution in [1.82, 2.24) is 5.32 Å². The predicted octanol–water partition coefficient (Wildman–Crippen LogP) is 3.43. The molecule has 0 saturated heterocycles. The van der Waals surface area contributed by atoms with Crippen molar-refractivity contribution in [1.29, 1.82) is 0 Å². The van der Waals surface area contributed by atoms with Crippen LogP contribution >= 0.6 is 0 Å². The van der Waals surface area contributed by atoms with Crippen LogP contribution in [0.2, 0.25) is 0 Å². The second-order valence-electron chi connectivity index (χ2n) is 6.56. The van der Waals surface area contributed by atoms with Crippen LogP contribution in [0.4, 0.5) is 17.1 Å². The number of nitro benzene ring substituents is 2. The molecule has 2 N–H and O–H groups in total. The fourth-order valence-electron chi connectivity index (χ4n) is 2.80. The van der Waals surface area contributed by atoms with Crippen molar-refractivity contribution in [2.24, 2.45) is 0 Å². The Morgan fingerprint density at radius 3 is 2.07 bits per heavy atom. The molecule has 0 aliphatic carbocycles. The summed E-state index contributed by atoms with van der Waals surface area (Å²) < 4.78 is 0. The Bertz CT molecular complexity index is 981. The third-order valence-corrected chi connectivity index (χ3v) is 4.34. The number of non-ortho nitro benzene ring substituents is 2. The smallest absolute Gasteiger partial charge is 0.277 e. The Labute approximate surface area is 171 Å². The van der Waals surface area contributed by atoms with Crippen LogP contribution in [0.3, 0.4) is 0 Å². The highest BCUT2D eigenvalue weighted by atomic mass is 16.6. The molecule has 1 atom stereocenters. The molecule has 0 bridgehead atoms. The molecule has 0 fully saturated rings. The maximum Gasteiger partial charge on any atom is 0.277 e. The fourth-order valence-corrected chi connectivity index (χ4v) is 2.80. The van der Waals surface area contributed by atoms with Crippen LogP contribution in [0.15, 0.2) is 49.1 Å². The summed E-state index contributed by atoms with van der Waals surface area (Å²) in [5.74, 6) is -1.37. The van der Waals surface area contributed by atoms with Crippen LogP contribution in [-0.4, -0.2) is 27.7 Å². The summed E-state index contributed by atoms with van der Waals surface area (Å²) in [5.41, 5.74) is 0.772. The zero-order valence-corrected chi connectivity index (χ0v) is 16.4. The number of nitrogens with zero attached hydrogens (tertiary/aromatic N) is 2. The third kappa shape index (κ3) is 5.25. The molecule has 0 unspecified atom stereocenters. The molecule has 2 amide bonds. The molecular weight excluding hydrogens is 392 g/mol. The molecule has 0 aliphatic rings. The Morgan fingerprint density at radius 2 is 1.60 bits per heavy atom. The van der Waals surface area contributed by atoms with Crippen LogP contribution in [-0.2, 0) is 4.79 Å². The lowest BCUT2D eigenvalue weighted by Gasteiger charge is -2.19. The summed E-state index contributed by atoms with van der Waals surface area (Å²) in [6.07, 6.45) is 1.52. The summed E-state index contributed by atoms with van der Waals surface area (Å²) >= 11 is 0. The van der Waals surface area contributed by atoms with Crippen LogP contribution in [0, 0.1) is 34.1 Å². The second kappa shape index (κ2) is 9.41. The first kappa shape index (κ1) is 22.2. The van der Waals surface area contributed by atoms with Crippen molar-refractivity contribution in [2.45, 2.75) is 26.3 Å². The minimum Gasteiger partial charge on any atom is -0.340 e. The lowest BCUT2D eigenvalue weighted by atomic mass is 10.1. The molecule has 0 aliphatic heterocycles. The van der Waals surface area contributed by atoms with Crippen LogP contribution in [0.5, 0.6) is 0 Å². The van der Waals surface area contributed by atoms with Crippen LogP contribution in [0.25, 0.3) is 0 Å². The number of para-hydroxylation sites is 1. The molecule has 2 rings (SSSR count). The molecule has 10 nitrogen and oxygen atoms in total. The van der Waals surface area contributed by atoms with Gasteiger partial charge in [0.15, 0.2) is 0 Å². The van der Waals surface area contributed by atoms with Gasteiger partial charge in [-0.15, -0.1) is 6.58 Å². The zero-order valence-electron chi connectivity index (χ0n) is 16.4. The van der Waals surface area contributed by atoms with Crippen molar-refractivity contribution >= 4 is 28.9 Å². The number of nitro groups is 2. The molecular formula is C20H20N4O6. The maximum absolute atomic E-state index is 12.7. The van der Waals surface area contributed by atoms with E-state index in [1.165, 1.54) is 6.08 Å². The van der Waals surface area contributed by atoms with E-state index in [1.807, 2.05) is 32.0 Å². The number of rotatable bonds is 8. The summed E-state index contributed by atoms with van der Waals surface area (Å²) in [4.78, 5) is 45.7. The van der Waals surface area contributed by atoms with Crippen LogP contribution < -0.4 is 10.6 Å². The zero-order chi connectivity index (χ0) is 22.4. The van der Waals surface area contributed by atoms with Gasteiger partial charge in [-0.2, -0.15) is 0 Å². The predicted molar refractivity (Wildman–Crippen MR) is 110 cm³/mol. The Morgan fingerprint density at radius 1 is 1.07 bits per heavy atom. The van der Waals surface area contributed by atoms with E-state index in [4.69, 9.17) is 0 Å². The first-order valence-electron chi connectivity index (χ1n) is 8.86. The van der Waals surface area contributed by atoms with Gasteiger partial charge in [-0.05, 0) is 31.4 Å². The molecule has 2 aromatic carbocycles. The van der Waals surface area contributed by atoms with E-state index in [-0.39, 0.29) is 12.0 Å². The number of hydrogen-bond donors (Lipinski definition) is 2. The quantitative estimate of drug-likeness (QED) is 0.386. The standard InChI is InChI=1S/C20H20N4O6/c1-4-6-17(20(26)22-18-12(2)7-5-8-13(18)3)21-19(25)14-9-15(23(27)28)11-16(10-14)24(29)30/h4-5,7-11,17H,1,6H2,2-3H3,(H,21,25)(H,22,26)/t17-/m0/s1. The van der Waals surface area contributed by atoms with Crippen molar-refractivity contribution < 1.29 is 19.4 Å². The Kier molecular flexibility index (Phi) is 6.97. The summed E-state index contributed by atoms with van der Waals surface area (Å²) in [5, 5.41) is 27.3. The first-order chi connectivity index (χ1) is 14.1. The molecule has 30 heavy (non-hydrogen) atoms. The van der Waals surface area contributed by atoms with E-state index in [0.717, 1.165) is 29.3 Å². The number of hydrogen-bond acceptors (Lipinski definition) is 6. The molecule has 10 heteroatoms. The topological polar surface area (TPSA) is 144 Å². The van der Waals surface area contributed by atoms with E-state index < -0.39 is 39.1 Å². The van der Waals surface area contributed by atoms with Gasteiger partial charge in [0.05, 0.1) is 21.5 Å². The summed E-state index contributed by atoms with van der Waals surface area (Å²) in [6.45, 7) is 7.22. The first-order valence-corrected chi connectivity index (χ1v) is 8.86. The lowest BCUT2D eigenvalue weighted by molar-refractivity contribution is -0.394. The average molecular weight is 412 g/mol. The molecule has 2 aromatic rings. The number of anilines is 1. The SMILES string of the molecule is C=CC[C@H](NC(=O)c1cc([N+](=O)[O-])cc([N+](=O)[O-])c1)C(=O)Nc1c(C)cccc1C. The summed E-state index contributed by atoms with van der Waals surface area (Å²) in [6, 6.07) is 7.04. The van der Waals surface area contributed by atoms with Gasteiger partial charge in [-0.25, -0.2) is 0 Å². The normalized spacial score (nSPS) is 11.3. The minimum atomic E-state index is -1.03. The molecule has 0 heterocycles. The van der Waals surface area contributed by atoms with Gasteiger partial charge in [0.1, 0.15) is 6.04 Å². The molecule has 156 valence electrons. The molecule has 0 radical (unpaired) electrons. The molecule has 0 saturated carbocycles. The highest BCUT2D eigenvalue weighted by Gasteiger charge is 2.24. The van der Waals surface area contributed by atoms with Crippen LogP contribution in [0.1, 0.15) is 27.9 Å². The number of aryl methyl sites for hydroxylation is 2. The van der Waals surface area contributed by atoms with Gasteiger partial charge in [-0.3, -0.25) is 29.8 Å². The van der Waals surface area contributed by atoms with Gasteiger partial charge >= 0.3 is 0 Å². The number of nitrogens with one attached hydrogen (secondary N) is 2. The molecule has 0 spiro atoms. The maximum atomic E-state index is 12.7. The van der Waals surface area contributed by atoms with E-state index in [2.05, 4.69) is 17.2 Å². The summed E-state index contributed by atoms with van der Waals surface area (Å²) in [7, 11) is 0. The number of carbonyl (C=O) groups excluding carboxylic acids is 2. The Hall–Kier alpha value is -4.08. The van der Waals surface area contributed by atoms with Crippen molar-refractivity contribution in [3.8, 4) is 0 Å². The van der Waals surface area contributed by atoms with E-state index in [1.54, 1.807) is 0 Å². The number of carbonyl (C=O) groups is 2. The van der Waals surface area contributed by atoms with Gasteiger partial charge in [0, 0.05) is 17.8 Å². The van der Waals surface area contributed by atoms with Gasteiger partial charge in [-0.1, -0.05) is 24.3 Å². The van der Waals surface area contributed by atoms with Crippen molar-refractivity contribution in [3.05, 3.63) is 86.0 Å². The van der Waals surface area contributed by atoms with E-state index in [9.17, 15) is 29.8 Å². The van der Waals surface area contributed by atoms with E-state index in [0.29, 0.717) is 5.69 Å². The van der Waals surface area contributed by atoms with Gasteiger partial charge in [0.25, 0.3) is 17.3 Å². The minimum absolute atomic E-state index is 0.0829. The van der Waals surface area contributed by atoms with Crippen molar-refractivity contribution in [3.63, 3.8) is 0 Å².